The number of hydrogen-bond donors (Lipinski definition) is 4. The van der Waals surface area contributed by atoms with Gasteiger partial charge in [-0.1, -0.05) is 72.8 Å². The van der Waals surface area contributed by atoms with Crippen LogP contribution in [0.4, 0.5) is 16.2 Å². The fourth-order valence-electron chi connectivity index (χ4n) is 5.73. The molecule has 5 aromatic rings. The lowest BCUT2D eigenvalue weighted by molar-refractivity contribution is -0.114. The minimum Gasteiger partial charge on any atom is -0.380 e. The van der Waals surface area contributed by atoms with Crippen LogP contribution >= 0.6 is 0 Å². The summed E-state index contributed by atoms with van der Waals surface area (Å²) in [6, 6.07) is 34.3. The average Bonchev–Trinajstić information content (AvgIpc) is 3.61. The van der Waals surface area contributed by atoms with Crippen LogP contribution in [-0.2, 0) is 22.7 Å². The standard InChI is InChI=1S/C39H30N6O4/c46-36(42-24-26-7-3-1-4-8-26)29-13-16-32-31(22-29)34(37(47)43-32)35(28-9-5-2-6-10-28)41-23-27-11-14-30(15-12-27)45-38(48)33(44-39(45)49)21-25-17-19-40-20-18-25/h1-22,41H,23-24H2,(H,42,46)(H,43,47)(H,44,49)/b33-21-,35-34-. The Hall–Kier alpha value is -6.81. The first kappa shape index (κ1) is 30.8. The van der Waals surface area contributed by atoms with Gasteiger partial charge < -0.3 is 21.3 Å². The fourth-order valence-corrected chi connectivity index (χ4v) is 5.73. The summed E-state index contributed by atoms with van der Waals surface area (Å²) in [6.07, 6.45) is 4.83. The number of nitrogens with one attached hydrogen (secondary N) is 4. The predicted octanol–water partition coefficient (Wildman–Crippen LogP) is 5.72. The minimum absolute atomic E-state index is 0.174. The number of urea groups is 1. The van der Waals surface area contributed by atoms with Crippen LogP contribution < -0.4 is 26.2 Å². The molecule has 7 rings (SSSR count). The van der Waals surface area contributed by atoms with Crippen LogP contribution in [0.2, 0.25) is 0 Å². The van der Waals surface area contributed by atoms with Crippen LogP contribution in [0.25, 0.3) is 17.3 Å². The number of imide groups is 1. The van der Waals surface area contributed by atoms with Crippen molar-refractivity contribution in [1.82, 2.24) is 20.9 Å². The minimum atomic E-state index is -0.536. The van der Waals surface area contributed by atoms with E-state index in [0.717, 1.165) is 27.2 Å². The molecule has 0 saturated carbocycles. The molecule has 3 heterocycles. The van der Waals surface area contributed by atoms with Gasteiger partial charge in [0, 0.05) is 42.3 Å². The molecule has 4 N–H and O–H groups in total. The Balaban J connectivity index is 1.12. The van der Waals surface area contributed by atoms with Gasteiger partial charge in [0.2, 0.25) is 0 Å². The SMILES string of the molecule is O=C1Nc2ccc(C(=O)NCc3ccccc3)cc2/C1=C(/NCc1ccc(N2C(=O)N/C(=C\c3ccncc3)C2=O)cc1)c1ccccc1. The Bertz CT molecular complexity index is 2130. The topological polar surface area (TPSA) is 133 Å². The van der Waals surface area contributed by atoms with Crippen molar-refractivity contribution < 1.29 is 19.2 Å². The number of carbonyl (C=O) groups excluding carboxylic acids is 4. The number of anilines is 2. The van der Waals surface area contributed by atoms with E-state index in [1.165, 1.54) is 0 Å². The molecule has 1 aromatic heterocycles. The van der Waals surface area contributed by atoms with Crippen molar-refractivity contribution >= 4 is 52.5 Å². The number of fused-ring (bicyclic) bond motifs is 1. The van der Waals surface area contributed by atoms with E-state index in [4.69, 9.17) is 0 Å². The smallest absolute Gasteiger partial charge is 0.333 e. The molecule has 10 nitrogen and oxygen atoms in total. The summed E-state index contributed by atoms with van der Waals surface area (Å²) < 4.78 is 0. The van der Waals surface area contributed by atoms with Gasteiger partial charge in [-0.2, -0.15) is 0 Å². The van der Waals surface area contributed by atoms with E-state index in [-0.39, 0.29) is 17.5 Å². The number of hydrogen-bond acceptors (Lipinski definition) is 6. The van der Waals surface area contributed by atoms with Crippen molar-refractivity contribution in [3.63, 3.8) is 0 Å². The molecule has 1 saturated heterocycles. The number of aromatic nitrogens is 1. The van der Waals surface area contributed by atoms with Gasteiger partial charge in [-0.25, -0.2) is 9.69 Å². The van der Waals surface area contributed by atoms with E-state index >= 15 is 0 Å². The lowest BCUT2D eigenvalue weighted by Gasteiger charge is -2.16. The zero-order valence-electron chi connectivity index (χ0n) is 26.1. The number of nitrogens with zero attached hydrogens (tertiary/aromatic N) is 2. The predicted molar refractivity (Wildman–Crippen MR) is 187 cm³/mol. The average molecular weight is 647 g/mol. The summed E-state index contributed by atoms with van der Waals surface area (Å²) in [5.74, 6) is -0.986. The maximum absolute atomic E-state index is 13.5. The second-order valence-electron chi connectivity index (χ2n) is 11.4. The summed E-state index contributed by atoms with van der Waals surface area (Å²) >= 11 is 0. The molecule has 10 heteroatoms. The molecular weight excluding hydrogens is 616 g/mol. The van der Waals surface area contributed by atoms with Crippen molar-refractivity contribution in [3.05, 3.63) is 167 Å². The Morgan fingerprint density at radius 3 is 2.12 bits per heavy atom. The Morgan fingerprint density at radius 2 is 1.39 bits per heavy atom. The maximum Gasteiger partial charge on any atom is 0.333 e. The lowest BCUT2D eigenvalue weighted by Crippen LogP contribution is -2.30. The number of rotatable bonds is 9. The number of pyridine rings is 1. The quantitative estimate of drug-likeness (QED) is 0.120. The number of benzene rings is 4. The zero-order valence-corrected chi connectivity index (χ0v) is 26.1. The highest BCUT2D eigenvalue weighted by atomic mass is 16.2. The van der Waals surface area contributed by atoms with E-state index in [2.05, 4.69) is 26.3 Å². The van der Waals surface area contributed by atoms with Gasteiger partial charge in [-0.3, -0.25) is 19.4 Å². The van der Waals surface area contributed by atoms with E-state index in [9.17, 15) is 19.2 Å². The maximum atomic E-state index is 13.5. The molecule has 2 aliphatic heterocycles. The van der Waals surface area contributed by atoms with E-state index in [0.29, 0.717) is 46.9 Å². The Morgan fingerprint density at radius 1 is 0.714 bits per heavy atom. The van der Waals surface area contributed by atoms with Crippen LogP contribution in [0.1, 0.15) is 38.2 Å². The molecule has 4 aromatic carbocycles. The number of carbonyl (C=O) groups is 4. The van der Waals surface area contributed by atoms with Gasteiger partial charge in [0.25, 0.3) is 17.7 Å². The van der Waals surface area contributed by atoms with Crippen LogP contribution in [0.5, 0.6) is 0 Å². The second kappa shape index (κ2) is 13.5. The third-order valence-electron chi connectivity index (χ3n) is 8.19. The van der Waals surface area contributed by atoms with Gasteiger partial charge in [-0.05, 0) is 70.8 Å². The van der Waals surface area contributed by atoms with Gasteiger partial charge in [-0.15, -0.1) is 0 Å². The molecule has 5 amide bonds. The normalized spacial score (nSPS) is 15.5. The molecule has 2 aliphatic rings. The highest BCUT2D eigenvalue weighted by Crippen LogP contribution is 2.37. The second-order valence-corrected chi connectivity index (χ2v) is 11.4. The highest BCUT2D eigenvalue weighted by molar-refractivity contribution is 6.37. The molecular formula is C39H30N6O4. The van der Waals surface area contributed by atoms with Crippen molar-refractivity contribution in [2.75, 3.05) is 10.2 Å². The lowest BCUT2D eigenvalue weighted by atomic mass is 9.98. The molecule has 0 unspecified atom stereocenters. The first-order valence-electron chi connectivity index (χ1n) is 15.6. The molecule has 0 radical (unpaired) electrons. The Labute approximate surface area is 282 Å². The third-order valence-corrected chi connectivity index (χ3v) is 8.19. The highest BCUT2D eigenvalue weighted by Gasteiger charge is 2.35. The molecule has 49 heavy (non-hydrogen) atoms. The van der Waals surface area contributed by atoms with Crippen LogP contribution in [-0.4, -0.2) is 28.7 Å². The van der Waals surface area contributed by atoms with E-state index in [1.54, 1.807) is 60.9 Å². The summed E-state index contributed by atoms with van der Waals surface area (Å²) in [5, 5.41) is 12.0. The van der Waals surface area contributed by atoms with Gasteiger partial charge in [0.05, 0.1) is 17.0 Å². The first-order valence-corrected chi connectivity index (χ1v) is 15.6. The number of amides is 5. The molecule has 0 atom stereocenters. The van der Waals surface area contributed by atoms with Crippen molar-refractivity contribution in [2.45, 2.75) is 13.1 Å². The first-order chi connectivity index (χ1) is 23.9. The summed E-state index contributed by atoms with van der Waals surface area (Å²) in [4.78, 5) is 57.5. The van der Waals surface area contributed by atoms with Crippen molar-refractivity contribution in [2.24, 2.45) is 0 Å². The zero-order chi connectivity index (χ0) is 33.7. The molecule has 0 bridgehead atoms. The summed E-state index contributed by atoms with van der Waals surface area (Å²) in [6.45, 7) is 0.716. The van der Waals surface area contributed by atoms with Gasteiger partial charge in [0.15, 0.2) is 0 Å². The molecule has 0 spiro atoms. The summed E-state index contributed by atoms with van der Waals surface area (Å²) in [7, 11) is 0. The fraction of sp³-hybridized carbons (Fsp3) is 0.0513. The molecule has 240 valence electrons. The van der Waals surface area contributed by atoms with Crippen LogP contribution in [0, 0.1) is 0 Å². The Kier molecular flexibility index (Phi) is 8.49. The van der Waals surface area contributed by atoms with Crippen LogP contribution in [0.15, 0.2) is 133 Å². The molecule has 1 fully saturated rings. The van der Waals surface area contributed by atoms with Crippen molar-refractivity contribution in [3.8, 4) is 0 Å². The third kappa shape index (κ3) is 6.56. The largest absolute Gasteiger partial charge is 0.380 e. The van der Waals surface area contributed by atoms with Gasteiger partial charge >= 0.3 is 6.03 Å². The van der Waals surface area contributed by atoms with Crippen LogP contribution in [0.3, 0.4) is 0 Å². The molecule has 0 aliphatic carbocycles. The monoisotopic (exact) mass is 646 g/mol. The summed E-state index contributed by atoms with van der Waals surface area (Å²) in [5.41, 5.74) is 6.66. The van der Waals surface area contributed by atoms with E-state index in [1.807, 2.05) is 72.8 Å². The van der Waals surface area contributed by atoms with Gasteiger partial charge in [0.1, 0.15) is 5.70 Å². The van der Waals surface area contributed by atoms with E-state index < -0.39 is 11.9 Å². The van der Waals surface area contributed by atoms with Crippen molar-refractivity contribution in [1.29, 1.82) is 0 Å².